The number of methoxy groups -OCH3 is 1. The number of benzene rings is 2. The molecule has 0 saturated heterocycles. The van der Waals surface area contributed by atoms with E-state index in [9.17, 15) is 19.7 Å². The van der Waals surface area contributed by atoms with Gasteiger partial charge in [0, 0.05) is 23.3 Å². The smallest absolute Gasteiger partial charge is 0.269 e. The lowest BCUT2D eigenvalue weighted by atomic mass is 10.1. The van der Waals surface area contributed by atoms with Crippen LogP contribution in [-0.4, -0.2) is 23.8 Å². The molecule has 0 heterocycles. The summed E-state index contributed by atoms with van der Waals surface area (Å²) < 4.78 is 5.14. The number of aryl methyl sites for hydroxylation is 1. The van der Waals surface area contributed by atoms with Gasteiger partial charge in [0.15, 0.2) is 0 Å². The average Bonchev–Trinajstić information content (AvgIpc) is 2.59. The van der Waals surface area contributed by atoms with Crippen LogP contribution in [0.4, 0.5) is 5.69 Å². The van der Waals surface area contributed by atoms with Crippen molar-refractivity contribution in [3.63, 3.8) is 0 Å². The highest BCUT2D eigenvalue weighted by Crippen LogP contribution is 2.18. The van der Waals surface area contributed by atoms with Crippen LogP contribution in [0.2, 0.25) is 0 Å². The maximum Gasteiger partial charge on any atom is 0.269 e. The van der Waals surface area contributed by atoms with E-state index in [4.69, 9.17) is 4.74 Å². The summed E-state index contributed by atoms with van der Waals surface area (Å²) in [7, 11) is 1.50. The average molecular weight is 329 g/mol. The molecule has 2 rings (SSSR count). The third-order valence-electron chi connectivity index (χ3n) is 3.30. The summed E-state index contributed by atoms with van der Waals surface area (Å²) in [4.78, 5) is 34.0. The highest BCUT2D eigenvalue weighted by molar-refractivity contribution is 5.99. The third kappa shape index (κ3) is 3.86. The highest BCUT2D eigenvalue weighted by atomic mass is 16.6. The zero-order valence-corrected chi connectivity index (χ0v) is 13.0. The molecule has 124 valence electrons. The molecule has 0 radical (unpaired) electrons. The van der Waals surface area contributed by atoms with Crippen LogP contribution in [0, 0.1) is 17.0 Å². The minimum absolute atomic E-state index is 0.123. The molecular formula is C16H15N3O5. The summed E-state index contributed by atoms with van der Waals surface area (Å²) in [6.07, 6.45) is 0. The normalized spacial score (nSPS) is 9.92. The Morgan fingerprint density at radius 2 is 1.54 bits per heavy atom. The number of hydrazine groups is 1. The minimum atomic E-state index is -0.586. The van der Waals surface area contributed by atoms with Crippen LogP contribution in [0.1, 0.15) is 26.3 Å². The van der Waals surface area contributed by atoms with Gasteiger partial charge in [-0.3, -0.25) is 30.6 Å². The monoisotopic (exact) mass is 329 g/mol. The van der Waals surface area contributed by atoms with Crippen LogP contribution < -0.4 is 15.6 Å². The van der Waals surface area contributed by atoms with Crippen LogP contribution in [0.3, 0.4) is 0 Å². The summed E-state index contributed by atoms with van der Waals surface area (Å²) in [5.41, 5.74) is 5.79. The Hall–Kier alpha value is -3.42. The fraction of sp³-hybridized carbons (Fsp3) is 0.125. The standard InChI is InChI=1S/C16H15N3O5/c1-10-3-4-12(9-14(10)24-2)16(21)18-17-15(20)11-5-7-13(8-6-11)19(22)23/h3-9H,1-2H3,(H,17,20)(H,18,21). The first-order valence-electron chi connectivity index (χ1n) is 6.92. The number of nitro benzene ring substituents is 1. The molecule has 0 fully saturated rings. The summed E-state index contributed by atoms with van der Waals surface area (Å²) in [5.74, 6) is -0.537. The first-order chi connectivity index (χ1) is 11.4. The van der Waals surface area contributed by atoms with Crippen molar-refractivity contribution >= 4 is 17.5 Å². The fourth-order valence-electron chi connectivity index (χ4n) is 1.95. The molecule has 0 aliphatic heterocycles. The van der Waals surface area contributed by atoms with Gasteiger partial charge in [-0.2, -0.15) is 0 Å². The molecule has 2 amide bonds. The van der Waals surface area contributed by atoms with Gasteiger partial charge in [-0.1, -0.05) is 6.07 Å². The number of nitro groups is 1. The lowest BCUT2D eigenvalue weighted by molar-refractivity contribution is -0.384. The lowest BCUT2D eigenvalue weighted by Crippen LogP contribution is -2.41. The van der Waals surface area contributed by atoms with Gasteiger partial charge in [0.05, 0.1) is 12.0 Å². The number of ether oxygens (including phenoxy) is 1. The largest absolute Gasteiger partial charge is 0.496 e. The van der Waals surface area contributed by atoms with E-state index in [2.05, 4.69) is 10.9 Å². The number of amides is 2. The Kier molecular flexibility index (Phi) is 5.10. The van der Waals surface area contributed by atoms with Crippen molar-refractivity contribution in [2.45, 2.75) is 6.92 Å². The molecular weight excluding hydrogens is 314 g/mol. The summed E-state index contributed by atoms with van der Waals surface area (Å²) in [5, 5.41) is 10.6. The van der Waals surface area contributed by atoms with Crippen molar-refractivity contribution in [1.29, 1.82) is 0 Å². The number of rotatable bonds is 4. The van der Waals surface area contributed by atoms with Crippen molar-refractivity contribution in [2.24, 2.45) is 0 Å². The minimum Gasteiger partial charge on any atom is -0.496 e. The van der Waals surface area contributed by atoms with Crippen molar-refractivity contribution in [3.8, 4) is 5.75 Å². The fourth-order valence-corrected chi connectivity index (χ4v) is 1.95. The molecule has 0 aliphatic rings. The zero-order chi connectivity index (χ0) is 17.7. The molecule has 8 heteroatoms. The SMILES string of the molecule is COc1cc(C(=O)NNC(=O)c2ccc([N+](=O)[O-])cc2)ccc1C. The summed E-state index contributed by atoms with van der Waals surface area (Å²) in [6, 6.07) is 9.91. The van der Waals surface area contributed by atoms with Crippen molar-refractivity contribution in [1.82, 2.24) is 10.9 Å². The Morgan fingerprint density at radius 1 is 1.00 bits per heavy atom. The van der Waals surface area contributed by atoms with Gasteiger partial charge >= 0.3 is 0 Å². The molecule has 8 nitrogen and oxygen atoms in total. The van der Waals surface area contributed by atoms with Gasteiger partial charge < -0.3 is 4.74 Å². The first kappa shape index (κ1) is 16.9. The Bertz CT molecular complexity index is 787. The molecule has 0 aromatic heterocycles. The predicted octanol–water partition coefficient (Wildman–Crippen LogP) is 1.99. The van der Waals surface area contributed by atoms with Crippen LogP contribution in [-0.2, 0) is 0 Å². The lowest BCUT2D eigenvalue weighted by Gasteiger charge is -2.09. The van der Waals surface area contributed by atoms with Crippen molar-refractivity contribution in [2.75, 3.05) is 7.11 Å². The van der Waals surface area contributed by atoms with E-state index >= 15 is 0 Å². The van der Waals surface area contributed by atoms with E-state index in [0.29, 0.717) is 11.3 Å². The van der Waals surface area contributed by atoms with Crippen LogP contribution in [0.25, 0.3) is 0 Å². The van der Waals surface area contributed by atoms with Gasteiger partial charge in [0.25, 0.3) is 17.5 Å². The number of hydrogen-bond acceptors (Lipinski definition) is 5. The van der Waals surface area contributed by atoms with Crippen LogP contribution >= 0.6 is 0 Å². The van der Waals surface area contributed by atoms with Gasteiger partial charge in [-0.15, -0.1) is 0 Å². The molecule has 0 aliphatic carbocycles. The van der Waals surface area contributed by atoms with Gasteiger partial charge in [0.1, 0.15) is 5.75 Å². The van der Waals surface area contributed by atoms with E-state index < -0.39 is 16.7 Å². The first-order valence-corrected chi connectivity index (χ1v) is 6.92. The summed E-state index contributed by atoms with van der Waals surface area (Å²) >= 11 is 0. The van der Waals surface area contributed by atoms with Crippen molar-refractivity contribution in [3.05, 3.63) is 69.3 Å². The third-order valence-corrected chi connectivity index (χ3v) is 3.30. The molecule has 2 aromatic rings. The Morgan fingerprint density at radius 3 is 2.08 bits per heavy atom. The van der Waals surface area contributed by atoms with E-state index in [-0.39, 0.29) is 11.3 Å². The van der Waals surface area contributed by atoms with E-state index in [1.807, 2.05) is 6.92 Å². The topological polar surface area (TPSA) is 111 Å². The van der Waals surface area contributed by atoms with E-state index in [1.165, 1.54) is 31.4 Å². The van der Waals surface area contributed by atoms with Gasteiger partial charge in [-0.05, 0) is 36.8 Å². The Balaban J connectivity index is 2.00. The number of carbonyl (C=O) groups excluding carboxylic acids is 2. The Labute approximate surface area is 137 Å². The molecule has 0 atom stereocenters. The van der Waals surface area contributed by atoms with Crippen molar-refractivity contribution < 1.29 is 19.2 Å². The predicted molar refractivity (Wildman–Crippen MR) is 85.8 cm³/mol. The molecule has 2 N–H and O–H groups in total. The number of hydrogen-bond donors (Lipinski definition) is 2. The highest BCUT2D eigenvalue weighted by Gasteiger charge is 2.12. The molecule has 0 saturated carbocycles. The van der Waals surface area contributed by atoms with Gasteiger partial charge in [0.2, 0.25) is 0 Å². The maximum absolute atomic E-state index is 12.0. The second-order valence-electron chi connectivity index (χ2n) is 4.90. The molecule has 24 heavy (non-hydrogen) atoms. The molecule has 2 aromatic carbocycles. The summed E-state index contributed by atoms with van der Waals surface area (Å²) in [6.45, 7) is 1.84. The number of non-ortho nitro benzene ring substituents is 1. The molecule has 0 spiro atoms. The molecule has 0 bridgehead atoms. The van der Waals surface area contributed by atoms with Gasteiger partial charge in [-0.25, -0.2) is 0 Å². The van der Waals surface area contributed by atoms with Crippen LogP contribution in [0.5, 0.6) is 5.75 Å². The zero-order valence-electron chi connectivity index (χ0n) is 13.0. The number of carbonyl (C=O) groups is 2. The number of nitrogens with one attached hydrogen (secondary N) is 2. The van der Waals surface area contributed by atoms with E-state index in [1.54, 1.807) is 18.2 Å². The second-order valence-corrected chi connectivity index (χ2v) is 4.90. The second kappa shape index (κ2) is 7.23. The van der Waals surface area contributed by atoms with Crippen LogP contribution in [0.15, 0.2) is 42.5 Å². The van der Waals surface area contributed by atoms with E-state index in [0.717, 1.165) is 5.56 Å². The molecule has 0 unspecified atom stereocenters. The maximum atomic E-state index is 12.0. The quantitative estimate of drug-likeness (QED) is 0.658. The number of nitrogens with zero attached hydrogens (tertiary/aromatic N) is 1.